The topological polar surface area (TPSA) is 232 Å². The second-order valence-electron chi connectivity index (χ2n) is 18.6. The molecule has 16 nitrogen and oxygen atoms in total. The van der Waals surface area contributed by atoms with E-state index >= 15 is 4.79 Å². The van der Waals surface area contributed by atoms with Crippen molar-refractivity contribution in [3.05, 3.63) is 72.1 Å². The first kappa shape index (κ1) is 43.2. The van der Waals surface area contributed by atoms with Crippen LogP contribution in [-0.4, -0.2) is 116 Å². The lowest BCUT2D eigenvalue weighted by molar-refractivity contribution is -0.150. The van der Waals surface area contributed by atoms with Crippen LogP contribution in [0.5, 0.6) is 0 Å². The number of rotatable bonds is 8. The number of hydrogen-bond donors (Lipinski definition) is 7. The standard InChI is InChI=1S/C48H59N9O7/c49-20-17-31(58)25-38-45(62)56-21-9-16-40(56)46(63)57-39-15-6-1-10-28(39)24-41(57)44(61)52-37(23-30-27-51-35-14-5-3-12-33(30)35)43(60)55-48(18-7-8-19-48)47(64)54-36(42(59)53-38)22-29-26-50-34-13-4-2-11-32(29)34/h2-5,11-14,26-28,36-41,50-51H,1,6-10,15-25,49H2,(H,52,61)(H,53,59)(H,54,64)(H,55,60)/t28-,36+,37+,38+,39-,40-,41-/m1/s1. The highest BCUT2D eigenvalue weighted by molar-refractivity contribution is 6.01. The molecular formula is C48H59N9O7. The van der Waals surface area contributed by atoms with Crippen LogP contribution in [-0.2, 0) is 46.4 Å². The summed E-state index contributed by atoms with van der Waals surface area (Å²) in [6.07, 6.45) is 9.88. The van der Waals surface area contributed by atoms with E-state index in [1.807, 2.05) is 54.7 Å². The van der Waals surface area contributed by atoms with E-state index < -0.39 is 65.3 Å². The Balaban J connectivity index is 1.12. The summed E-state index contributed by atoms with van der Waals surface area (Å²) in [5.41, 5.74) is 7.56. The third kappa shape index (κ3) is 8.39. The van der Waals surface area contributed by atoms with E-state index in [1.54, 1.807) is 11.1 Å². The van der Waals surface area contributed by atoms with Crippen LogP contribution in [0, 0.1) is 5.92 Å². The molecule has 5 heterocycles. The number of benzene rings is 2. The number of aromatic nitrogens is 2. The average Bonchev–Trinajstić information content (AvgIpc) is 4.16. The quantitative estimate of drug-likeness (QED) is 0.139. The fourth-order valence-corrected chi connectivity index (χ4v) is 11.4. The van der Waals surface area contributed by atoms with Crippen molar-refractivity contribution < 1.29 is 33.6 Å². The van der Waals surface area contributed by atoms with Gasteiger partial charge in [-0.3, -0.25) is 33.6 Å². The number of Topliss-reactive ketones (excluding diaryl/α,β-unsaturated/α-hetero) is 1. The molecule has 2 aromatic heterocycles. The lowest BCUT2D eigenvalue weighted by atomic mass is 9.84. The molecule has 64 heavy (non-hydrogen) atoms. The van der Waals surface area contributed by atoms with Gasteiger partial charge in [0.05, 0.1) is 0 Å². The van der Waals surface area contributed by atoms with Gasteiger partial charge >= 0.3 is 0 Å². The predicted octanol–water partition coefficient (Wildman–Crippen LogP) is 2.79. The molecule has 2 aromatic carbocycles. The average molecular weight is 874 g/mol. The minimum absolute atomic E-state index is 0.0192. The molecule has 338 valence electrons. The highest BCUT2D eigenvalue weighted by Crippen LogP contribution is 2.41. The van der Waals surface area contributed by atoms with E-state index in [1.165, 1.54) is 4.90 Å². The van der Waals surface area contributed by atoms with Crippen LogP contribution in [0.15, 0.2) is 60.9 Å². The van der Waals surface area contributed by atoms with Gasteiger partial charge in [0.1, 0.15) is 41.5 Å². The van der Waals surface area contributed by atoms with Crippen molar-refractivity contribution in [3.8, 4) is 0 Å². The zero-order valence-electron chi connectivity index (χ0n) is 36.2. The van der Waals surface area contributed by atoms with Crippen molar-refractivity contribution in [2.75, 3.05) is 13.1 Å². The summed E-state index contributed by atoms with van der Waals surface area (Å²) in [4.78, 5) is 112. The number of hydrogen-bond acceptors (Lipinski definition) is 8. The number of aromatic amines is 2. The highest BCUT2D eigenvalue weighted by Gasteiger charge is 2.52. The molecule has 4 aromatic rings. The molecule has 5 aliphatic rings. The Bertz CT molecular complexity index is 2450. The van der Waals surface area contributed by atoms with E-state index in [9.17, 15) is 28.8 Å². The van der Waals surface area contributed by atoms with Crippen LogP contribution in [0.3, 0.4) is 0 Å². The summed E-state index contributed by atoms with van der Waals surface area (Å²) >= 11 is 0. The number of ketones is 1. The molecule has 2 aliphatic carbocycles. The van der Waals surface area contributed by atoms with E-state index in [2.05, 4.69) is 31.2 Å². The number of amides is 6. The Kier molecular flexibility index (Phi) is 12.3. The second-order valence-corrected chi connectivity index (χ2v) is 18.6. The Labute approximate surface area is 371 Å². The van der Waals surface area contributed by atoms with Gasteiger partial charge in [-0.1, -0.05) is 62.1 Å². The molecule has 0 bridgehead atoms. The molecule has 5 fully saturated rings. The van der Waals surface area contributed by atoms with Gasteiger partial charge < -0.3 is 46.8 Å². The van der Waals surface area contributed by atoms with Crippen molar-refractivity contribution in [2.45, 2.75) is 138 Å². The number of nitrogens with one attached hydrogen (secondary N) is 6. The van der Waals surface area contributed by atoms with Crippen LogP contribution < -0.4 is 27.0 Å². The van der Waals surface area contributed by atoms with E-state index in [-0.39, 0.29) is 62.4 Å². The van der Waals surface area contributed by atoms with Crippen molar-refractivity contribution in [3.63, 3.8) is 0 Å². The normalized spacial score (nSPS) is 28.0. The smallest absolute Gasteiger partial charge is 0.246 e. The van der Waals surface area contributed by atoms with Gasteiger partial charge in [0, 0.05) is 72.5 Å². The van der Waals surface area contributed by atoms with Crippen molar-refractivity contribution >= 4 is 63.0 Å². The number of H-pyrrole nitrogens is 2. The Morgan fingerprint density at radius 2 is 1.30 bits per heavy atom. The van der Waals surface area contributed by atoms with Crippen molar-refractivity contribution in [1.82, 2.24) is 41.0 Å². The highest BCUT2D eigenvalue weighted by atomic mass is 16.2. The van der Waals surface area contributed by atoms with Gasteiger partial charge in [0.25, 0.3) is 0 Å². The molecule has 3 aliphatic heterocycles. The monoisotopic (exact) mass is 873 g/mol. The first-order valence-corrected chi connectivity index (χ1v) is 23.2. The molecule has 16 heteroatoms. The SMILES string of the molecule is NCCC(=O)C[C@@H]1NC(=O)[C@H](Cc2c[nH]c3ccccc23)NC(=O)C2(CCCC2)NC(=O)[C@H](Cc2c[nH]c3ccccc23)NC(=O)[C@H]2C[C@H]3CCCC[C@H]3N2C(=O)[C@H]2CCCN2C1=O. The molecule has 0 radical (unpaired) electrons. The third-order valence-electron chi connectivity index (χ3n) is 14.6. The molecule has 2 saturated carbocycles. The van der Waals surface area contributed by atoms with Gasteiger partial charge in [0.15, 0.2) is 0 Å². The number of para-hydroxylation sites is 2. The Morgan fingerprint density at radius 1 is 0.672 bits per heavy atom. The van der Waals surface area contributed by atoms with Gasteiger partial charge in [-0.05, 0) is 80.7 Å². The second kappa shape index (κ2) is 18.2. The number of nitrogens with zero attached hydrogens (tertiary/aromatic N) is 2. The lowest BCUT2D eigenvalue weighted by Gasteiger charge is -2.38. The van der Waals surface area contributed by atoms with Gasteiger partial charge in [-0.2, -0.15) is 0 Å². The maximum atomic E-state index is 15.1. The van der Waals surface area contributed by atoms with Crippen LogP contribution in [0.1, 0.15) is 94.6 Å². The minimum Gasteiger partial charge on any atom is -0.361 e. The zero-order chi connectivity index (χ0) is 44.5. The summed E-state index contributed by atoms with van der Waals surface area (Å²) in [7, 11) is 0. The summed E-state index contributed by atoms with van der Waals surface area (Å²) in [6, 6.07) is 9.49. The Morgan fingerprint density at radius 3 is 1.97 bits per heavy atom. The molecule has 7 atom stereocenters. The van der Waals surface area contributed by atoms with E-state index in [4.69, 9.17) is 5.73 Å². The summed E-state index contributed by atoms with van der Waals surface area (Å²) in [6.45, 7) is 0.269. The molecule has 0 unspecified atom stereocenters. The summed E-state index contributed by atoms with van der Waals surface area (Å²) in [5, 5.41) is 13.7. The minimum atomic E-state index is -1.43. The number of carbonyl (C=O) groups excluding carboxylic acids is 7. The third-order valence-corrected chi connectivity index (χ3v) is 14.6. The summed E-state index contributed by atoms with van der Waals surface area (Å²) in [5.74, 6) is -3.44. The van der Waals surface area contributed by atoms with Gasteiger partial charge in [0.2, 0.25) is 35.4 Å². The van der Waals surface area contributed by atoms with Gasteiger partial charge in [-0.25, -0.2) is 0 Å². The van der Waals surface area contributed by atoms with Gasteiger partial charge in [-0.15, -0.1) is 0 Å². The fraction of sp³-hybridized carbons (Fsp3) is 0.521. The van der Waals surface area contributed by atoms with Crippen LogP contribution in [0.4, 0.5) is 0 Å². The Hall–Kier alpha value is -6.03. The maximum Gasteiger partial charge on any atom is 0.246 e. The largest absolute Gasteiger partial charge is 0.361 e. The fourth-order valence-electron chi connectivity index (χ4n) is 11.4. The van der Waals surface area contributed by atoms with Crippen molar-refractivity contribution in [2.24, 2.45) is 11.7 Å². The molecule has 3 saturated heterocycles. The van der Waals surface area contributed by atoms with E-state index in [0.29, 0.717) is 51.4 Å². The van der Waals surface area contributed by atoms with Crippen molar-refractivity contribution in [1.29, 1.82) is 0 Å². The number of fused-ring (bicyclic) bond motifs is 6. The number of nitrogens with two attached hydrogens (primary N) is 1. The van der Waals surface area contributed by atoms with Crippen LogP contribution >= 0.6 is 0 Å². The van der Waals surface area contributed by atoms with Crippen LogP contribution in [0.25, 0.3) is 21.8 Å². The molecule has 6 amide bonds. The first-order valence-electron chi connectivity index (χ1n) is 23.2. The lowest BCUT2D eigenvalue weighted by Crippen LogP contribution is -2.65. The predicted molar refractivity (Wildman–Crippen MR) is 238 cm³/mol. The molecule has 8 N–H and O–H groups in total. The summed E-state index contributed by atoms with van der Waals surface area (Å²) < 4.78 is 0. The zero-order valence-corrected chi connectivity index (χ0v) is 36.2. The molecule has 9 rings (SSSR count). The first-order chi connectivity index (χ1) is 31.0. The van der Waals surface area contributed by atoms with E-state index in [0.717, 1.165) is 52.2 Å². The van der Waals surface area contributed by atoms with Crippen LogP contribution in [0.2, 0.25) is 0 Å². The maximum absolute atomic E-state index is 15.1. The number of carbonyl (C=O) groups is 7. The molecule has 1 spiro atoms. The molecular weight excluding hydrogens is 815 g/mol.